The number of carbonyl (C=O) groups is 1. The first-order valence-electron chi connectivity index (χ1n) is 8.44. The van der Waals surface area contributed by atoms with E-state index in [1.165, 1.54) is 0 Å². The molecule has 0 aliphatic carbocycles. The second-order valence-electron chi connectivity index (χ2n) is 6.54. The summed E-state index contributed by atoms with van der Waals surface area (Å²) in [4.78, 5) is 25.2. The molecule has 0 spiro atoms. The van der Waals surface area contributed by atoms with Crippen LogP contribution >= 0.6 is 24.0 Å². The van der Waals surface area contributed by atoms with Crippen molar-refractivity contribution in [3.63, 3.8) is 0 Å². The molecule has 2 atom stereocenters. The molecule has 140 valence electrons. The van der Waals surface area contributed by atoms with Gasteiger partial charge in [-0.2, -0.15) is 0 Å². The largest absolute Gasteiger partial charge is 0.367 e. The number of nitrogens with two attached hydrogens (primary N) is 1. The molecule has 25 heavy (non-hydrogen) atoms. The summed E-state index contributed by atoms with van der Waals surface area (Å²) in [6.07, 6.45) is 5.48. The van der Waals surface area contributed by atoms with Gasteiger partial charge in [0.1, 0.15) is 6.10 Å². The number of aromatic nitrogens is 2. The Morgan fingerprint density at radius 2 is 1.92 bits per heavy atom. The van der Waals surface area contributed by atoms with Gasteiger partial charge in [0.05, 0.1) is 24.0 Å². The van der Waals surface area contributed by atoms with Gasteiger partial charge in [-0.15, -0.1) is 12.4 Å². The van der Waals surface area contributed by atoms with Crippen molar-refractivity contribution in [2.75, 3.05) is 31.1 Å². The van der Waals surface area contributed by atoms with E-state index in [4.69, 9.17) is 22.1 Å². The third-order valence-electron chi connectivity index (χ3n) is 4.55. The summed E-state index contributed by atoms with van der Waals surface area (Å²) in [5.41, 5.74) is 5.70. The van der Waals surface area contributed by atoms with Crippen molar-refractivity contribution in [1.82, 2.24) is 14.9 Å². The lowest BCUT2D eigenvalue weighted by Crippen LogP contribution is -2.47. The highest BCUT2D eigenvalue weighted by Crippen LogP contribution is 2.25. The summed E-state index contributed by atoms with van der Waals surface area (Å²) in [6.45, 7) is 4.75. The van der Waals surface area contributed by atoms with Gasteiger partial charge >= 0.3 is 0 Å². The van der Waals surface area contributed by atoms with Gasteiger partial charge in [0.25, 0.3) is 5.91 Å². The van der Waals surface area contributed by atoms with Crippen LogP contribution in [0.4, 0.5) is 5.95 Å². The predicted molar refractivity (Wildman–Crippen MR) is 99.2 cm³/mol. The number of likely N-dealkylation sites (tertiary alicyclic amines) is 1. The van der Waals surface area contributed by atoms with E-state index in [1.54, 1.807) is 12.4 Å². The molecule has 1 unspecified atom stereocenters. The van der Waals surface area contributed by atoms with Crippen molar-refractivity contribution in [1.29, 1.82) is 0 Å². The summed E-state index contributed by atoms with van der Waals surface area (Å²) < 4.78 is 5.64. The normalized spacial score (nSPS) is 22.8. The fraction of sp³-hybridized carbons (Fsp3) is 0.688. The molecule has 2 aliphatic rings. The number of halogens is 2. The van der Waals surface area contributed by atoms with Crippen molar-refractivity contribution in [2.24, 2.45) is 5.73 Å². The predicted octanol–water partition coefficient (Wildman–Crippen LogP) is 1.49. The Labute approximate surface area is 159 Å². The summed E-state index contributed by atoms with van der Waals surface area (Å²) in [5, 5.41) is 0.536. The van der Waals surface area contributed by atoms with Crippen LogP contribution in [-0.2, 0) is 9.53 Å². The van der Waals surface area contributed by atoms with Gasteiger partial charge in [-0.1, -0.05) is 11.6 Å². The van der Waals surface area contributed by atoms with E-state index in [-0.39, 0.29) is 36.5 Å². The maximum absolute atomic E-state index is 12.5. The zero-order valence-corrected chi connectivity index (χ0v) is 15.9. The fourth-order valence-electron chi connectivity index (χ4n) is 3.31. The van der Waals surface area contributed by atoms with Crippen LogP contribution in [0.1, 0.15) is 26.2 Å². The second-order valence-corrected chi connectivity index (χ2v) is 6.98. The van der Waals surface area contributed by atoms with Crippen LogP contribution in [0.5, 0.6) is 0 Å². The molecule has 2 aliphatic heterocycles. The van der Waals surface area contributed by atoms with E-state index in [0.717, 1.165) is 38.9 Å². The van der Waals surface area contributed by atoms with Crippen molar-refractivity contribution in [3.8, 4) is 0 Å². The van der Waals surface area contributed by atoms with Gasteiger partial charge in [-0.05, 0) is 19.8 Å². The molecule has 0 bridgehead atoms. The average Bonchev–Trinajstić information content (AvgIpc) is 2.95. The Kier molecular flexibility index (Phi) is 7.25. The quantitative estimate of drug-likeness (QED) is 0.820. The van der Waals surface area contributed by atoms with E-state index in [0.29, 0.717) is 17.6 Å². The van der Waals surface area contributed by atoms with Gasteiger partial charge in [-0.25, -0.2) is 9.97 Å². The molecule has 9 heteroatoms. The summed E-state index contributed by atoms with van der Waals surface area (Å²) >= 11 is 5.83. The van der Waals surface area contributed by atoms with Crippen LogP contribution in [0.3, 0.4) is 0 Å². The number of piperidine rings is 1. The standard InChI is InChI=1S/C16H24ClN5O2.ClH/c1-11(18)10-24-14-4-7-22(15(14)23)13-2-5-21(6-3-13)16-19-8-12(17)9-20-16;/h8-9,11,13-14H,2-7,10,18H2,1H3;1H/t11?,14-;/m1./s1. The number of rotatable bonds is 5. The molecule has 0 aromatic carbocycles. The third kappa shape index (κ3) is 4.94. The molecule has 1 aromatic heterocycles. The molecule has 3 rings (SSSR count). The highest BCUT2D eigenvalue weighted by atomic mass is 35.5. The number of carbonyl (C=O) groups excluding carboxylic acids is 1. The SMILES string of the molecule is CC(N)CO[C@@H]1CCN(C2CCN(c3ncc(Cl)cn3)CC2)C1=O.Cl. The maximum Gasteiger partial charge on any atom is 0.252 e. The average molecular weight is 390 g/mol. The Hall–Kier alpha value is -1.15. The van der Waals surface area contributed by atoms with Crippen molar-refractivity contribution < 1.29 is 9.53 Å². The van der Waals surface area contributed by atoms with Gasteiger partial charge in [-0.3, -0.25) is 4.79 Å². The third-order valence-corrected chi connectivity index (χ3v) is 4.74. The van der Waals surface area contributed by atoms with Gasteiger partial charge < -0.3 is 20.3 Å². The van der Waals surface area contributed by atoms with Gasteiger partial charge in [0.15, 0.2) is 0 Å². The topological polar surface area (TPSA) is 84.6 Å². The molecule has 2 N–H and O–H groups in total. The highest BCUT2D eigenvalue weighted by molar-refractivity contribution is 6.30. The minimum Gasteiger partial charge on any atom is -0.367 e. The lowest BCUT2D eigenvalue weighted by atomic mass is 10.0. The zero-order chi connectivity index (χ0) is 17.1. The lowest BCUT2D eigenvalue weighted by molar-refractivity contribution is -0.139. The zero-order valence-electron chi connectivity index (χ0n) is 14.3. The minimum atomic E-state index is -0.325. The molecule has 0 radical (unpaired) electrons. The molecule has 7 nitrogen and oxygen atoms in total. The number of hydrogen-bond acceptors (Lipinski definition) is 6. The van der Waals surface area contributed by atoms with Crippen LogP contribution in [-0.4, -0.2) is 65.2 Å². The maximum atomic E-state index is 12.5. The Bertz CT molecular complexity index is 564. The molecule has 3 heterocycles. The van der Waals surface area contributed by atoms with Crippen molar-refractivity contribution in [3.05, 3.63) is 17.4 Å². The van der Waals surface area contributed by atoms with E-state index in [2.05, 4.69) is 14.9 Å². The molecular formula is C16H25Cl2N5O2. The monoisotopic (exact) mass is 389 g/mol. The number of ether oxygens (including phenoxy) is 1. The summed E-state index contributed by atoms with van der Waals surface area (Å²) in [6, 6.07) is 0.222. The lowest BCUT2D eigenvalue weighted by Gasteiger charge is -2.36. The van der Waals surface area contributed by atoms with Gasteiger partial charge in [0, 0.05) is 38.1 Å². The fourth-order valence-corrected chi connectivity index (χ4v) is 3.40. The first-order chi connectivity index (χ1) is 11.5. The Morgan fingerprint density at radius 1 is 1.28 bits per heavy atom. The van der Waals surface area contributed by atoms with Crippen molar-refractivity contribution in [2.45, 2.75) is 44.4 Å². The van der Waals surface area contributed by atoms with Crippen molar-refractivity contribution >= 4 is 35.9 Å². The Morgan fingerprint density at radius 3 is 2.52 bits per heavy atom. The minimum absolute atomic E-state index is 0. The molecule has 2 fully saturated rings. The molecule has 1 amide bonds. The van der Waals surface area contributed by atoms with E-state index in [1.807, 2.05) is 11.8 Å². The first kappa shape index (κ1) is 20.2. The number of anilines is 1. The van der Waals surface area contributed by atoms with Crippen LogP contribution < -0.4 is 10.6 Å². The second kappa shape index (κ2) is 8.98. The van der Waals surface area contributed by atoms with Crippen LogP contribution in [0.25, 0.3) is 0 Å². The number of nitrogens with zero attached hydrogens (tertiary/aromatic N) is 4. The van der Waals surface area contributed by atoms with E-state index in [9.17, 15) is 4.79 Å². The van der Waals surface area contributed by atoms with Gasteiger partial charge in [0.2, 0.25) is 5.95 Å². The number of hydrogen-bond donors (Lipinski definition) is 1. The first-order valence-corrected chi connectivity index (χ1v) is 8.82. The van der Waals surface area contributed by atoms with Crippen LogP contribution in [0.2, 0.25) is 5.02 Å². The molecular weight excluding hydrogens is 365 g/mol. The highest BCUT2D eigenvalue weighted by Gasteiger charge is 2.38. The summed E-state index contributed by atoms with van der Waals surface area (Å²) in [7, 11) is 0. The molecule has 0 saturated carbocycles. The molecule has 2 saturated heterocycles. The smallest absolute Gasteiger partial charge is 0.252 e. The molecule has 1 aromatic rings. The van der Waals surface area contributed by atoms with Crippen LogP contribution in [0, 0.1) is 0 Å². The Balaban J connectivity index is 0.00000225. The van der Waals surface area contributed by atoms with Crippen LogP contribution in [0.15, 0.2) is 12.4 Å². The van der Waals surface area contributed by atoms with E-state index < -0.39 is 0 Å². The van der Waals surface area contributed by atoms with E-state index >= 15 is 0 Å². The number of amides is 1. The summed E-state index contributed by atoms with van der Waals surface area (Å²) in [5.74, 6) is 0.806.